The summed E-state index contributed by atoms with van der Waals surface area (Å²) in [6.07, 6.45) is 8.45. The average Bonchev–Trinajstić information content (AvgIpc) is 4.23. The second kappa shape index (κ2) is 21.1. The van der Waals surface area contributed by atoms with Crippen LogP contribution in [-0.4, -0.2) is 167 Å². The van der Waals surface area contributed by atoms with E-state index in [-0.39, 0.29) is 28.9 Å². The lowest BCUT2D eigenvalue weighted by Crippen LogP contribution is -2.53. The van der Waals surface area contributed by atoms with Gasteiger partial charge in [0.15, 0.2) is 11.6 Å². The van der Waals surface area contributed by atoms with Gasteiger partial charge in [-0.15, -0.1) is 5.10 Å². The lowest BCUT2D eigenvalue weighted by atomic mass is 9.90. The number of aromatic amines is 1. The molecule has 5 aliphatic rings. The second-order valence-electron chi connectivity index (χ2n) is 19.5. The van der Waals surface area contributed by atoms with Gasteiger partial charge in [-0.05, 0) is 99.0 Å². The van der Waals surface area contributed by atoms with E-state index in [0.29, 0.717) is 85.4 Å². The van der Waals surface area contributed by atoms with E-state index < -0.39 is 11.7 Å². The topological polar surface area (TPSA) is 163 Å². The van der Waals surface area contributed by atoms with Gasteiger partial charge in [0.25, 0.3) is 11.5 Å². The summed E-state index contributed by atoms with van der Waals surface area (Å²) in [5, 5.41) is 20.1. The number of carbonyl (C=O) groups is 3. The minimum atomic E-state index is -0.594. The zero-order valence-corrected chi connectivity index (χ0v) is 39.2. The molecule has 4 aliphatic heterocycles. The number of ether oxygens (including phenoxy) is 1. The number of halogens is 1. The number of nitrogens with zero attached hydrogens (tertiary/aromatic N) is 9. The van der Waals surface area contributed by atoms with E-state index in [0.717, 1.165) is 96.2 Å². The number of nitrogens with one attached hydrogen (secondary N) is 2. The van der Waals surface area contributed by atoms with Crippen LogP contribution >= 0.6 is 0 Å². The number of hydrogen-bond donors (Lipinski definition) is 2. The number of piperazine rings is 2. The van der Waals surface area contributed by atoms with Gasteiger partial charge < -0.3 is 29.7 Å². The third-order valence-electron chi connectivity index (χ3n) is 14.7. The van der Waals surface area contributed by atoms with E-state index in [9.17, 15) is 19.2 Å². The zero-order valence-electron chi connectivity index (χ0n) is 39.2. The Morgan fingerprint density at radius 2 is 1.52 bits per heavy atom. The largest absolute Gasteiger partial charge is 0.456 e. The van der Waals surface area contributed by atoms with Crippen molar-refractivity contribution < 1.29 is 23.5 Å². The minimum absolute atomic E-state index is 0.00992. The number of fused-ring (bicyclic) bond motifs is 1. The fourth-order valence-electron chi connectivity index (χ4n) is 10.4. The van der Waals surface area contributed by atoms with E-state index >= 15 is 4.39 Å². The van der Waals surface area contributed by atoms with Gasteiger partial charge in [-0.2, -0.15) is 10.2 Å². The number of rotatable bonds is 14. The maximum atomic E-state index is 15.1. The molecule has 4 saturated heterocycles. The third kappa shape index (κ3) is 11.4. The first-order valence-electron chi connectivity index (χ1n) is 24.8. The number of aromatic nitrogens is 4. The van der Waals surface area contributed by atoms with Crippen LogP contribution in [-0.2, 0) is 16.0 Å². The first-order chi connectivity index (χ1) is 33.7. The van der Waals surface area contributed by atoms with Gasteiger partial charge in [0.05, 0.1) is 35.9 Å². The predicted molar refractivity (Wildman–Crippen MR) is 260 cm³/mol. The van der Waals surface area contributed by atoms with E-state index in [1.165, 1.54) is 24.5 Å². The Morgan fingerprint density at radius 3 is 2.32 bits per heavy atom. The number of H-pyrrole nitrogens is 1. The molecule has 3 aromatic carbocycles. The molecule has 6 heterocycles. The van der Waals surface area contributed by atoms with E-state index in [1.54, 1.807) is 35.4 Å². The fourth-order valence-corrected chi connectivity index (χ4v) is 10.4. The molecule has 1 saturated carbocycles. The summed E-state index contributed by atoms with van der Waals surface area (Å²) in [6, 6.07) is 22.4. The molecule has 0 bridgehead atoms. The minimum Gasteiger partial charge on any atom is -0.456 e. The molecule has 1 unspecified atom stereocenters. The SMILES string of the molecule is O=C(CN1CCC(CN2CCN(c3cc(Oc4cccc(C5CCCN(C(=O)CNC6CC6)C5)c4)cnn3)CC2)CC1)N1CCN(C(=O)c2cc(Cc3n[nH]c(=O)c4ccccc34)ccc2F)CC1. The Labute approximate surface area is 401 Å². The van der Waals surface area contributed by atoms with Gasteiger partial charge in [0.2, 0.25) is 11.8 Å². The van der Waals surface area contributed by atoms with E-state index in [2.05, 4.69) is 52.5 Å². The molecule has 5 fully saturated rings. The summed E-state index contributed by atoms with van der Waals surface area (Å²) in [6.45, 7) is 10.2. The van der Waals surface area contributed by atoms with Crippen LogP contribution in [0.2, 0.25) is 0 Å². The van der Waals surface area contributed by atoms with Crippen LogP contribution in [0, 0.1) is 11.7 Å². The first kappa shape index (κ1) is 46.4. The van der Waals surface area contributed by atoms with Crippen molar-refractivity contribution in [3.63, 3.8) is 0 Å². The fraction of sp³-hybridized carbons (Fsp3) is 0.481. The average molecular weight is 940 g/mol. The van der Waals surface area contributed by atoms with Gasteiger partial charge in [0, 0.05) is 102 Å². The van der Waals surface area contributed by atoms with Crippen molar-refractivity contribution >= 4 is 34.3 Å². The number of likely N-dealkylation sites (tertiary alicyclic amines) is 2. The Hall–Kier alpha value is -6.30. The lowest BCUT2D eigenvalue weighted by Gasteiger charge is -2.39. The van der Waals surface area contributed by atoms with Crippen molar-refractivity contribution in [3.8, 4) is 11.5 Å². The Morgan fingerprint density at radius 1 is 0.739 bits per heavy atom. The highest BCUT2D eigenvalue weighted by Gasteiger charge is 2.31. The molecule has 0 radical (unpaired) electrons. The molecule has 362 valence electrons. The summed E-state index contributed by atoms with van der Waals surface area (Å²) in [7, 11) is 0. The highest BCUT2D eigenvalue weighted by atomic mass is 19.1. The zero-order chi connectivity index (χ0) is 47.3. The summed E-state index contributed by atoms with van der Waals surface area (Å²) in [4.78, 5) is 64.7. The Bertz CT molecular complexity index is 2690. The molecule has 10 rings (SSSR count). The van der Waals surface area contributed by atoms with Crippen molar-refractivity contribution in [2.45, 2.75) is 56.9 Å². The standard InChI is InChI=1S/C52H62FN11O5/c53-46-13-10-37(28-47-43-8-1-2-9-44(43)51(67)58-56-47)27-45(46)52(68)63-25-23-62(24-26-63)50(66)35-59-17-14-36(15-18-59)33-60-19-21-61(22-20-60)48-30-42(31-55-57-48)69-41-7-3-5-38(29-41)39-6-4-16-64(34-39)49(65)32-54-40-11-12-40/h1-3,5,7-10,13,27,29-31,36,39-40,54H,4,6,11-12,14-26,28,32-35H2,(H,58,67). The number of piperidine rings is 2. The highest BCUT2D eigenvalue weighted by Crippen LogP contribution is 2.32. The summed E-state index contributed by atoms with van der Waals surface area (Å²) < 4.78 is 21.4. The predicted octanol–water partition coefficient (Wildman–Crippen LogP) is 4.51. The normalized spacial score (nSPS) is 19.8. The first-order valence-corrected chi connectivity index (χ1v) is 24.8. The third-order valence-corrected chi connectivity index (χ3v) is 14.7. The van der Waals surface area contributed by atoms with Crippen LogP contribution in [0.3, 0.4) is 0 Å². The molecule has 17 heteroatoms. The van der Waals surface area contributed by atoms with Crippen molar-refractivity contribution in [3.05, 3.63) is 118 Å². The van der Waals surface area contributed by atoms with Crippen molar-refractivity contribution in [1.29, 1.82) is 0 Å². The van der Waals surface area contributed by atoms with Gasteiger partial charge in [-0.25, -0.2) is 9.49 Å². The molecule has 0 spiro atoms. The summed E-state index contributed by atoms with van der Waals surface area (Å²) in [5.74, 6) is 2.32. The van der Waals surface area contributed by atoms with Gasteiger partial charge >= 0.3 is 0 Å². The molecule has 1 aliphatic carbocycles. The molecular formula is C52H62FN11O5. The number of benzene rings is 3. The highest BCUT2D eigenvalue weighted by molar-refractivity contribution is 5.95. The second-order valence-corrected chi connectivity index (χ2v) is 19.5. The lowest BCUT2D eigenvalue weighted by molar-refractivity contribution is -0.134. The number of anilines is 1. The molecule has 3 amide bonds. The van der Waals surface area contributed by atoms with Crippen LogP contribution in [0.15, 0.2) is 83.8 Å². The van der Waals surface area contributed by atoms with Gasteiger partial charge in [-0.3, -0.25) is 29.0 Å². The van der Waals surface area contributed by atoms with Crippen molar-refractivity contribution in [2.75, 3.05) is 103 Å². The Balaban J connectivity index is 0.636. The molecule has 2 aromatic heterocycles. The van der Waals surface area contributed by atoms with Crippen LogP contribution in [0.4, 0.5) is 10.2 Å². The van der Waals surface area contributed by atoms with Crippen LogP contribution < -0.4 is 20.5 Å². The number of hydrogen-bond acceptors (Lipinski definition) is 12. The van der Waals surface area contributed by atoms with Crippen LogP contribution in [0.5, 0.6) is 11.5 Å². The van der Waals surface area contributed by atoms with Crippen molar-refractivity contribution in [2.24, 2.45) is 5.92 Å². The maximum absolute atomic E-state index is 15.1. The summed E-state index contributed by atoms with van der Waals surface area (Å²) >= 11 is 0. The smallest absolute Gasteiger partial charge is 0.272 e. The molecule has 69 heavy (non-hydrogen) atoms. The number of amides is 3. The van der Waals surface area contributed by atoms with E-state index in [4.69, 9.17) is 4.74 Å². The molecule has 1 atom stereocenters. The maximum Gasteiger partial charge on any atom is 0.272 e. The van der Waals surface area contributed by atoms with Crippen LogP contribution in [0.25, 0.3) is 10.8 Å². The molecule has 5 aromatic rings. The van der Waals surface area contributed by atoms with Crippen LogP contribution in [0.1, 0.15) is 71.6 Å². The number of carbonyl (C=O) groups excluding carboxylic acids is 3. The molecule has 16 nitrogen and oxygen atoms in total. The summed E-state index contributed by atoms with van der Waals surface area (Å²) in [5.41, 5.74) is 2.24. The van der Waals surface area contributed by atoms with Gasteiger partial charge in [0.1, 0.15) is 11.6 Å². The van der Waals surface area contributed by atoms with Crippen molar-refractivity contribution in [1.82, 2.24) is 50.2 Å². The Kier molecular flexibility index (Phi) is 14.2. The molecule has 2 N–H and O–H groups in total. The quantitative estimate of drug-likeness (QED) is 0.161. The molecular weight excluding hydrogens is 878 g/mol. The van der Waals surface area contributed by atoms with E-state index in [1.807, 2.05) is 40.1 Å². The monoisotopic (exact) mass is 939 g/mol. The van der Waals surface area contributed by atoms with Gasteiger partial charge in [-0.1, -0.05) is 36.4 Å².